The topological polar surface area (TPSA) is 288 Å². The summed E-state index contributed by atoms with van der Waals surface area (Å²) >= 11 is 0. The van der Waals surface area contributed by atoms with Gasteiger partial charge in [0.05, 0.1) is 24.4 Å². The van der Waals surface area contributed by atoms with Crippen LogP contribution in [0, 0.1) is 10.8 Å². The van der Waals surface area contributed by atoms with Crippen molar-refractivity contribution in [2.75, 3.05) is 6.61 Å². The largest absolute Gasteiger partial charge is 0.455 e. The predicted molar refractivity (Wildman–Crippen MR) is 184 cm³/mol. The Morgan fingerprint density at radius 1 is 0.959 bits per heavy atom. The minimum atomic E-state index is -2.12. The zero-order valence-corrected chi connectivity index (χ0v) is 29.4. The van der Waals surface area contributed by atoms with E-state index in [1.807, 2.05) is 6.92 Å². The fraction of sp³-hybridized carbons (Fsp3) is 0.727. The van der Waals surface area contributed by atoms with Crippen LogP contribution >= 0.6 is 0 Å². The molecule has 0 bridgehead atoms. The maximum atomic E-state index is 11.1. The standard InChI is InChI=1S/C33H59N5O11/c1-7-33(6,46)29(47-22(41)16-21(40)17-39)30(45)48-27-23(38-31(34)35)24(42)28(26(44)25(27)43)49-32(36)37-15-14-20(5)13-9-12-19(4)11-8-10-18(2)3/h10,12,14-15,21-30,36,39-46H,7-9,11,13,16-17H2,1-6H3,(H4,34,35,38)/b19-12+,20-14+,36-32?,37-15?. The molecule has 11 unspecified atom stereocenters. The molecule has 49 heavy (non-hydrogen) atoms. The number of amidine groups is 1. The lowest BCUT2D eigenvalue weighted by Crippen LogP contribution is -2.71. The van der Waals surface area contributed by atoms with Gasteiger partial charge in [-0.25, -0.2) is 10.4 Å². The van der Waals surface area contributed by atoms with E-state index >= 15 is 0 Å². The van der Waals surface area contributed by atoms with Crippen LogP contribution in [0.3, 0.4) is 0 Å². The molecular weight excluding hydrogens is 642 g/mol. The molecule has 282 valence electrons. The summed E-state index contributed by atoms with van der Waals surface area (Å²) in [5.41, 5.74) is 7.23. The second-order valence-electron chi connectivity index (χ2n) is 12.9. The SMILES string of the molecule is CCC(C)(O)C(OC(O)CC(O)CO)C(O)OC1C(O)C(O)C(OC(=N)N=C/C=C(\C)CC/C=C(\C)CCC=C(C)C)C(O)C1NC(=N)N. The van der Waals surface area contributed by atoms with E-state index in [-0.39, 0.29) is 6.42 Å². The van der Waals surface area contributed by atoms with Crippen molar-refractivity contribution in [3.63, 3.8) is 0 Å². The van der Waals surface area contributed by atoms with Gasteiger partial charge in [-0.05, 0) is 72.8 Å². The highest BCUT2D eigenvalue weighted by Crippen LogP contribution is 2.30. The van der Waals surface area contributed by atoms with Crippen molar-refractivity contribution in [3.8, 4) is 0 Å². The Bertz CT molecular complexity index is 1160. The van der Waals surface area contributed by atoms with Gasteiger partial charge in [-0.3, -0.25) is 5.41 Å². The smallest absolute Gasteiger partial charge is 0.309 e. The zero-order chi connectivity index (χ0) is 37.5. The first kappa shape index (κ1) is 44.3. The molecule has 13 N–H and O–H groups in total. The van der Waals surface area contributed by atoms with Crippen LogP contribution in [0.5, 0.6) is 0 Å². The highest BCUT2D eigenvalue weighted by molar-refractivity contribution is 5.86. The number of ether oxygens (including phenoxy) is 3. The minimum Gasteiger partial charge on any atom is -0.455 e. The lowest BCUT2D eigenvalue weighted by molar-refractivity contribution is -0.306. The van der Waals surface area contributed by atoms with Crippen LogP contribution in [0.4, 0.5) is 0 Å². The third-order valence-electron chi connectivity index (χ3n) is 8.20. The molecule has 1 saturated carbocycles. The minimum absolute atomic E-state index is 0.0260. The molecule has 0 aromatic carbocycles. The summed E-state index contributed by atoms with van der Waals surface area (Å²) < 4.78 is 16.3. The van der Waals surface area contributed by atoms with E-state index in [9.17, 15) is 35.7 Å². The van der Waals surface area contributed by atoms with E-state index < -0.39 is 92.0 Å². The Labute approximate surface area is 288 Å². The van der Waals surface area contributed by atoms with Gasteiger partial charge in [0.15, 0.2) is 24.6 Å². The highest BCUT2D eigenvalue weighted by atomic mass is 16.7. The number of nitrogens with two attached hydrogens (primary N) is 1. The first-order chi connectivity index (χ1) is 22.8. The Hall–Kier alpha value is -2.77. The van der Waals surface area contributed by atoms with Crippen LogP contribution in [0.1, 0.15) is 80.1 Å². The Balaban J connectivity index is 3.03. The Morgan fingerprint density at radius 2 is 1.55 bits per heavy atom. The number of allylic oxidation sites excluding steroid dienone is 6. The van der Waals surface area contributed by atoms with E-state index in [1.165, 1.54) is 24.3 Å². The average Bonchev–Trinajstić information content (AvgIpc) is 3.01. The first-order valence-electron chi connectivity index (χ1n) is 16.4. The molecule has 0 aromatic rings. The molecule has 0 aliphatic heterocycles. The molecule has 0 heterocycles. The van der Waals surface area contributed by atoms with Crippen molar-refractivity contribution in [2.24, 2.45) is 10.7 Å². The van der Waals surface area contributed by atoms with E-state index in [0.717, 1.165) is 31.3 Å². The quantitative estimate of drug-likeness (QED) is 0.0368. The molecule has 16 nitrogen and oxygen atoms in total. The van der Waals surface area contributed by atoms with Crippen LogP contribution < -0.4 is 11.1 Å². The summed E-state index contributed by atoms with van der Waals surface area (Å²) in [6.45, 7) is 10.3. The summed E-state index contributed by atoms with van der Waals surface area (Å²) in [7, 11) is 0. The fourth-order valence-electron chi connectivity index (χ4n) is 5.05. The number of nitrogens with zero attached hydrogens (tertiary/aromatic N) is 1. The van der Waals surface area contributed by atoms with Crippen LogP contribution in [0.25, 0.3) is 0 Å². The number of aliphatic hydroxyl groups is 8. The summed E-state index contributed by atoms with van der Waals surface area (Å²) in [5.74, 6) is -0.678. The molecule has 0 spiro atoms. The zero-order valence-electron chi connectivity index (χ0n) is 29.4. The third kappa shape index (κ3) is 15.3. The monoisotopic (exact) mass is 701 g/mol. The molecule has 0 aromatic heterocycles. The summed E-state index contributed by atoms with van der Waals surface area (Å²) in [6.07, 6.45) is -5.46. The summed E-state index contributed by atoms with van der Waals surface area (Å²) in [5, 5.41) is 102. The maximum Gasteiger partial charge on any atom is 0.309 e. The molecule has 0 radical (unpaired) electrons. The van der Waals surface area contributed by atoms with E-state index in [1.54, 1.807) is 13.0 Å². The van der Waals surface area contributed by atoms with E-state index in [4.69, 9.17) is 35.9 Å². The van der Waals surface area contributed by atoms with Crippen molar-refractivity contribution < 1.29 is 55.1 Å². The van der Waals surface area contributed by atoms with Gasteiger partial charge in [-0.15, -0.1) is 0 Å². The van der Waals surface area contributed by atoms with Crippen molar-refractivity contribution in [1.29, 1.82) is 10.8 Å². The first-order valence-corrected chi connectivity index (χ1v) is 16.4. The molecule has 1 fully saturated rings. The van der Waals surface area contributed by atoms with Crippen molar-refractivity contribution >= 4 is 18.2 Å². The van der Waals surface area contributed by atoms with Gasteiger partial charge >= 0.3 is 6.02 Å². The molecule has 1 aliphatic carbocycles. The predicted octanol–water partition coefficient (Wildman–Crippen LogP) is 0.0558. The van der Waals surface area contributed by atoms with Gasteiger partial charge < -0.3 is 66.1 Å². The fourth-order valence-corrected chi connectivity index (χ4v) is 5.05. The van der Waals surface area contributed by atoms with Crippen molar-refractivity contribution in [1.82, 2.24) is 5.32 Å². The number of rotatable bonds is 19. The molecule has 16 heteroatoms. The number of aliphatic hydroxyl groups excluding tert-OH is 7. The lowest BCUT2D eigenvalue weighted by Gasteiger charge is -2.47. The van der Waals surface area contributed by atoms with Crippen LogP contribution in [0.2, 0.25) is 0 Å². The van der Waals surface area contributed by atoms with Gasteiger partial charge in [0.25, 0.3) is 0 Å². The van der Waals surface area contributed by atoms with Gasteiger partial charge in [0.1, 0.15) is 30.5 Å². The molecule has 1 aliphatic rings. The van der Waals surface area contributed by atoms with Gasteiger partial charge in [-0.2, -0.15) is 0 Å². The second-order valence-corrected chi connectivity index (χ2v) is 12.9. The number of hydrogen-bond acceptors (Lipinski definition) is 13. The maximum absolute atomic E-state index is 11.1. The molecule has 1 rings (SSSR count). The van der Waals surface area contributed by atoms with Crippen LogP contribution in [-0.2, 0) is 14.2 Å². The molecule has 11 atom stereocenters. The highest BCUT2D eigenvalue weighted by Gasteiger charge is 2.54. The Kier molecular flexibility index (Phi) is 19.4. The number of aliphatic imine (C=N–C) groups is 1. The second kappa shape index (κ2) is 21.4. The number of hydrogen-bond donors (Lipinski definition) is 12. The normalized spacial score (nSPS) is 27.1. The molecule has 0 saturated heterocycles. The average molecular weight is 702 g/mol. The van der Waals surface area contributed by atoms with E-state index in [2.05, 4.69) is 43.2 Å². The van der Waals surface area contributed by atoms with Crippen molar-refractivity contribution in [3.05, 3.63) is 34.9 Å². The molecular formula is C33H59N5O11. The molecule has 0 amide bonds. The number of nitrogens with one attached hydrogen (secondary N) is 3. The van der Waals surface area contributed by atoms with E-state index in [0.29, 0.717) is 0 Å². The third-order valence-corrected chi connectivity index (χ3v) is 8.20. The summed E-state index contributed by atoms with van der Waals surface area (Å²) in [4.78, 5) is 3.89. The number of guanidine groups is 1. The Morgan fingerprint density at radius 3 is 2.12 bits per heavy atom. The van der Waals surface area contributed by atoms with Crippen molar-refractivity contribution in [2.45, 2.75) is 147 Å². The van der Waals surface area contributed by atoms with Crippen LogP contribution in [-0.4, -0.2) is 133 Å². The van der Waals surface area contributed by atoms with Crippen LogP contribution in [0.15, 0.2) is 39.9 Å². The van der Waals surface area contributed by atoms with Gasteiger partial charge in [0, 0.05) is 12.6 Å². The van der Waals surface area contributed by atoms with Gasteiger partial charge in [0.2, 0.25) is 0 Å². The van der Waals surface area contributed by atoms with Gasteiger partial charge in [-0.1, -0.05) is 35.8 Å². The summed E-state index contributed by atoms with van der Waals surface area (Å²) in [6, 6.07) is -2.21. The lowest BCUT2D eigenvalue weighted by atomic mass is 9.82.